The third kappa shape index (κ3) is 5.54. The van der Waals surface area contributed by atoms with Crippen molar-refractivity contribution in [3.05, 3.63) is 52.3 Å². The van der Waals surface area contributed by atoms with Crippen molar-refractivity contribution in [2.75, 3.05) is 11.9 Å². The minimum Gasteiger partial charge on any atom is -0.481 e. The van der Waals surface area contributed by atoms with Crippen LogP contribution in [0.1, 0.15) is 69.2 Å². The van der Waals surface area contributed by atoms with Crippen molar-refractivity contribution < 1.29 is 24.3 Å². The zero-order chi connectivity index (χ0) is 21.6. The molecule has 0 bridgehead atoms. The summed E-state index contributed by atoms with van der Waals surface area (Å²) in [6, 6.07) is 6.26. The summed E-state index contributed by atoms with van der Waals surface area (Å²) in [5.74, 6) is -1.82. The van der Waals surface area contributed by atoms with Crippen LogP contribution < -0.4 is 10.6 Å². The first-order valence-corrected chi connectivity index (χ1v) is 9.38. The lowest BCUT2D eigenvalue weighted by Gasteiger charge is -2.08. The Bertz CT molecular complexity index is 929. The van der Waals surface area contributed by atoms with Crippen LogP contribution in [0.25, 0.3) is 0 Å². The average Bonchev–Trinajstić information content (AvgIpc) is 2.98. The molecule has 0 aliphatic rings. The highest BCUT2D eigenvalue weighted by atomic mass is 16.4. The molecule has 1 heterocycles. The van der Waals surface area contributed by atoms with Crippen LogP contribution in [0, 0.1) is 6.92 Å². The Morgan fingerprint density at radius 3 is 2.28 bits per heavy atom. The van der Waals surface area contributed by atoms with Gasteiger partial charge in [-0.3, -0.25) is 19.2 Å². The number of amides is 2. The zero-order valence-corrected chi connectivity index (χ0v) is 16.7. The molecule has 0 unspecified atom stereocenters. The quantitative estimate of drug-likeness (QED) is 0.482. The molecule has 1 aromatic heterocycles. The summed E-state index contributed by atoms with van der Waals surface area (Å²) < 4.78 is 0. The molecule has 2 aromatic rings. The molecule has 29 heavy (non-hydrogen) atoms. The number of carbonyl (C=O) groups is 4. The molecule has 1 aromatic carbocycles. The number of aromatic nitrogens is 1. The van der Waals surface area contributed by atoms with E-state index in [9.17, 15) is 19.2 Å². The number of hydrogen-bond donors (Lipinski definition) is 4. The fourth-order valence-electron chi connectivity index (χ4n) is 3.13. The predicted molar refractivity (Wildman–Crippen MR) is 109 cm³/mol. The Kier molecular flexibility index (Phi) is 7.30. The molecule has 0 saturated carbocycles. The first-order valence-electron chi connectivity index (χ1n) is 9.38. The van der Waals surface area contributed by atoms with Crippen molar-refractivity contribution in [2.45, 2.75) is 40.0 Å². The van der Waals surface area contributed by atoms with E-state index in [0.29, 0.717) is 40.2 Å². The Morgan fingerprint density at radius 1 is 1.07 bits per heavy atom. The summed E-state index contributed by atoms with van der Waals surface area (Å²) in [5, 5.41) is 13.9. The van der Waals surface area contributed by atoms with E-state index in [-0.39, 0.29) is 30.6 Å². The van der Waals surface area contributed by atoms with Gasteiger partial charge in [0.25, 0.3) is 11.8 Å². The standard InChI is InChI=1S/C21H25N3O5/c1-4-5-16-18(13(3)25)12(2)23-19(16)21(29)24-15-8-6-14(7-9-15)20(28)22-11-10-17(26)27/h6-9,23H,4-5,10-11H2,1-3H3,(H,22,28)(H,24,29)(H,26,27). The maximum atomic E-state index is 12.7. The molecule has 0 radical (unpaired) electrons. The molecule has 0 fully saturated rings. The van der Waals surface area contributed by atoms with Crippen LogP contribution >= 0.6 is 0 Å². The first-order chi connectivity index (χ1) is 13.7. The molecule has 2 amide bonds. The van der Waals surface area contributed by atoms with E-state index >= 15 is 0 Å². The molecule has 0 atom stereocenters. The Labute approximate surface area is 168 Å². The first kappa shape index (κ1) is 21.9. The summed E-state index contributed by atoms with van der Waals surface area (Å²) in [7, 11) is 0. The zero-order valence-electron chi connectivity index (χ0n) is 16.7. The molecule has 0 spiro atoms. The number of hydrogen-bond acceptors (Lipinski definition) is 4. The largest absolute Gasteiger partial charge is 0.481 e. The van der Waals surface area contributed by atoms with Gasteiger partial charge in [-0.1, -0.05) is 13.3 Å². The number of Topliss-reactive ketones (excluding diaryl/α,β-unsaturated/α-hetero) is 1. The van der Waals surface area contributed by atoms with Crippen molar-refractivity contribution in [3.63, 3.8) is 0 Å². The molecule has 4 N–H and O–H groups in total. The molecule has 154 valence electrons. The number of anilines is 1. The Hall–Kier alpha value is -3.42. The summed E-state index contributed by atoms with van der Waals surface area (Å²) in [6.45, 7) is 5.27. The van der Waals surface area contributed by atoms with Crippen LogP contribution in [-0.4, -0.2) is 40.2 Å². The fourth-order valence-corrected chi connectivity index (χ4v) is 3.13. The van der Waals surface area contributed by atoms with Crippen LogP contribution in [0.3, 0.4) is 0 Å². The number of aliphatic carboxylic acids is 1. The second-order valence-electron chi connectivity index (χ2n) is 6.72. The number of H-pyrrole nitrogens is 1. The average molecular weight is 399 g/mol. The lowest BCUT2D eigenvalue weighted by atomic mass is 10.0. The fraction of sp³-hybridized carbons (Fsp3) is 0.333. The summed E-state index contributed by atoms with van der Waals surface area (Å²) in [5.41, 5.74) is 3.16. The van der Waals surface area contributed by atoms with Crippen LogP contribution in [0.2, 0.25) is 0 Å². The summed E-state index contributed by atoms with van der Waals surface area (Å²) in [4.78, 5) is 50.2. The highest BCUT2D eigenvalue weighted by Crippen LogP contribution is 2.22. The molecule has 8 nitrogen and oxygen atoms in total. The van der Waals surface area contributed by atoms with E-state index in [4.69, 9.17) is 5.11 Å². The number of aryl methyl sites for hydroxylation is 1. The van der Waals surface area contributed by atoms with E-state index in [1.54, 1.807) is 31.2 Å². The minimum atomic E-state index is -0.988. The van der Waals surface area contributed by atoms with Gasteiger partial charge in [-0.2, -0.15) is 0 Å². The number of aromatic amines is 1. The molecule has 2 rings (SSSR count). The number of benzene rings is 1. The van der Waals surface area contributed by atoms with E-state index in [2.05, 4.69) is 15.6 Å². The van der Waals surface area contributed by atoms with Gasteiger partial charge in [0.2, 0.25) is 0 Å². The van der Waals surface area contributed by atoms with Crippen molar-refractivity contribution in [3.8, 4) is 0 Å². The highest BCUT2D eigenvalue weighted by Gasteiger charge is 2.22. The third-order valence-corrected chi connectivity index (χ3v) is 4.40. The van der Waals surface area contributed by atoms with Gasteiger partial charge >= 0.3 is 5.97 Å². The topological polar surface area (TPSA) is 128 Å². The van der Waals surface area contributed by atoms with E-state index < -0.39 is 5.97 Å². The van der Waals surface area contributed by atoms with Gasteiger partial charge in [0, 0.05) is 29.1 Å². The van der Waals surface area contributed by atoms with Gasteiger partial charge < -0.3 is 20.7 Å². The Balaban J connectivity index is 2.12. The normalized spacial score (nSPS) is 10.4. The summed E-state index contributed by atoms with van der Waals surface area (Å²) in [6.07, 6.45) is 1.25. The molecule has 0 saturated heterocycles. The highest BCUT2D eigenvalue weighted by molar-refractivity contribution is 6.08. The van der Waals surface area contributed by atoms with Gasteiger partial charge in [-0.15, -0.1) is 0 Å². The molecule has 0 aliphatic heterocycles. The molecular formula is C21H25N3O5. The van der Waals surface area contributed by atoms with Crippen molar-refractivity contribution in [1.82, 2.24) is 10.3 Å². The number of carbonyl (C=O) groups excluding carboxylic acids is 3. The lowest BCUT2D eigenvalue weighted by Crippen LogP contribution is -2.26. The van der Waals surface area contributed by atoms with Gasteiger partial charge in [-0.25, -0.2) is 0 Å². The summed E-state index contributed by atoms with van der Waals surface area (Å²) >= 11 is 0. The minimum absolute atomic E-state index is 0.0392. The molecule has 8 heteroatoms. The van der Waals surface area contributed by atoms with E-state index in [1.807, 2.05) is 6.92 Å². The molecule has 0 aliphatic carbocycles. The number of carboxylic acids is 1. The second-order valence-corrected chi connectivity index (χ2v) is 6.72. The van der Waals surface area contributed by atoms with E-state index in [0.717, 1.165) is 6.42 Å². The number of rotatable bonds is 9. The van der Waals surface area contributed by atoms with Gasteiger partial charge in [-0.05, 0) is 50.1 Å². The maximum absolute atomic E-state index is 12.7. The van der Waals surface area contributed by atoms with Crippen LogP contribution in [0.15, 0.2) is 24.3 Å². The second kappa shape index (κ2) is 9.68. The van der Waals surface area contributed by atoms with E-state index in [1.165, 1.54) is 6.92 Å². The third-order valence-electron chi connectivity index (χ3n) is 4.40. The van der Waals surface area contributed by atoms with Crippen molar-refractivity contribution >= 4 is 29.3 Å². The van der Waals surface area contributed by atoms with Gasteiger partial charge in [0.1, 0.15) is 5.69 Å². The number of nitrogens with one attached hydrogen (secondary N) is 3. The predicted octanol–water partition coefficient (Wildman–Crippen LogP) is 2.94. The van der Waals surface area contributed by atoms with Crippen LogP contribution in [0.5, 0.6) is 0 Å². The van der Waals surface area contributed by atoms with Gasteiger partial charge in [0.05, 0.1) is 6.42 Å². The van der Waals surface area contributed by atoms with Gasteiger partial charge in [0.15, 0.2) is 5.78 Å². The number of carboxylic acid groups (broad SMARTS) is 1. The number of ketones is 1. The van der Waals surface area contributed by atoms with Crippen LogP contribution in [0.4, 0.5) is 5.69 Å². The van der Waals surface area contributed by atoms with Crippen molar-refractivity contribution in [1.29, 1.82) is 0 Å². The monoisotopic (exact) mass is 399 g/mol. The van der Waals surface area contributed by atoms with Crippen LogP contribution in [-0.2, 0) is 11.2 Å². The smallest absolute Gasteiger partial charge is 0.305 e. The SMILES string of the molecule is CCCc1c(C(=O)Nc2ccc(C(=O)NCCC(=O)O)cc2)[nH]c(C)c1C(C)=O. The Morgan fingerprint density at radius 2 is 1.72 bits per heavy atom. The lowest BCUT2D eigenvalue weighted by molar-refractivity contribution is -0.136. The maximum Gasteiger partial charge on any atom is 0.305 e. The van der Waals surface area contributed by atoms with Crippen molar-refractivity contribution in [2.24, 2.45) is 0 Å². The molecular weight excluding hydrogens is 374 g/mol.